The van der Waals surface area contributed by atoms with Crippen molar-refractivity contribution in [2.24, 2.45) is 0 Å². The highest BCUT2D eigenvalue weighted by atomic mass is 35.5. The highest BCUT2D eigenvalue weighted by Crippen LogP contribution is 2.26. The molecule has 0 aliphatic rings. The lowest BCUT2D eigenvalue weighted by atomic mass is 10.1. The van der Waals surface area contributed by atoms with Crippen LogP contribution in [0.15, 0.2) is 55.0 Å². The molecule has 3 rings (SSSR count). The Bertz CT molecular complexity index is 1100. The topological polar surface area (TPSA) is 104 Å². The minimum Gasteiger partial charge on any atom is -0.364 e. The minimum absolute atomic E-state index is 0.122. The van der Waals surface area contributed by atoms with Gasteiger partial charge in [0.1, 0.15) is 17.6 Å². The molecule has 3 aromatic heterocycles. The van der Waals surface area contributed by atoms with Crippen molar-refractivity contribution in [2.75, 3.05) is 11.9 Å². The molecule has 0 saturated carbocycles. The molecule has 0 bridgehead atoms. The van der Waals surface area contributed by atoms with E-state index in [-0.39, 0.29) is 41.6 Å². The molecular formula is C21H17ClF2N6O. The van der Waals surface area contributed by atoms with Gasteiger partial charge in [-0.2, -0.15) is 14.0 Å². The summed E-state index contributed by atoms with van der Waals surface area (Å²) in [6, 6.07) is 10.7. The van der Waals surface area contributed by atoms with Crippen LogP contribution in [0.25, 0.3) is 0 Å². The van der Waals surface area contributed by atoms with Crippen LogP contribution < -0.4 is 10.6 Å². The van der Waals surface area contributed by atoms with Crippen molar-refractivity contribution in [3.8, 4) is 6.07 Å². The van der Waals surface area contributed by atoms with Crippen LogP contribution in [0.2, 0.25) is 5.02 Å². The Labute approximate surface area is 182 Å². The fourth-order valence-corrected chi connectivity index (χ4v) is 2.87. The first-order valence-electron chi connectivity index (χ1n) is 9.17. The zero-order chi connectivity index (χ0) is 22.3. The van der Waals surface area contributed by atoms with E-state index in [0.717, 1.165) is 0 Å². The predicted octanol–water partition coefficient (Wildman–Crippen LogP) is 3.46. The lowest BCUT2D eigenvalue weighted by Gasteiger charge is -2.17. The number of aromatic nitrogens is 3. The van der Waals surface area contributed by atoms with Gasteiger partial charge in [-0.25, -0.2) is 4.98 Å². The summed E-state index contributed by atoms with van der Waals surface area (Å²) in [6.07, 6.45) is 4.14. The van der Waals surface area contributed by atoms with Gasteiger partial charge in [0, 0.05) is 25.1 Å². The van der Waals surface area contributed by atoms with E-state index in [4.69, 9.17) is 11.6 Å². The van der Waals surface area contributed by atoms with Gasteiger partial charge in [0.2, 0.25) is 5.91 Å². The fraction of sp³-hybridized carbons (Fsp3) is 0.190. The van der Waals surface area contributed by atoms with Crippen molar-refractivity contribution in [3.63, 3.8) is 0 Å². The number of alkyl halides is 2. The summed E-state index contributed by atoms with van der Waals surface area (Å²) in [6.45, 7) is -0.543. The zero-order valence-electron chi connectivity index (χ0n) is 16.1. The molecule has 2 N–H and O–H groups in total. The fourth-order valence-electron chi connectivity index (χ4n) is 2.68. The zero-order valence-corrected chi connectivity index (χ0v) is 16.9. The number of halogens is 3. The molecule has 0 aliphatic heterocycles. The normalized spacial score (nSPS) is 10.9. The molecule has 0 unspecified atom stereocenters. The summed E-state index contributed by atoms with van der Waals surface area (Å²) in [7, 11) is 0. The molecule has 0 atom stereocenters. The highest BCUT2D eigenvalue weighted by Gasteiger charge is 2.32. The van der Waals surface area contributed by atoms with Gasteiger partial charge in [-0.15, -0.1) is 0 Å². The second kappa shape index (κ2) is 9.91. The Morgan fingerprint density at radius 2 is 2.06 bits per heavy atom. The third-order valence-corrected chi connectivity index (χ3v) is 4.41. The molecule has 3 heterocycles. The van der Waals surface area contributed by atoms with Crippen LogP contribution in [0, 0.1) is 11.3 Å². The molecule has 0 saturated heterocycles. The summed E-state index contributed by atoms with van der Waals surface area (Å²) in [5.41, 5.74) is 0.699. The number of rotatable bonds is 8. The third-order valence-electron chi connectivity index (χ3n) is 4.20. The molecule has 0 aliphatic carbocycles. The minimum atomic E-state index is -3.22. The van der Waals surface area contributed by atoms with Gasteiger partial charge in [-0.1, -0.05) is 17.7 Å². The van der Waals surface area contributed by atoms with Crippen molar-refractivity contribution in [1.82, 2.24) is 20.3 Å². The van der Waals surface area contributed by atoms with Crippen LogP contribution in [0.3, 0.4) is 0 Å². The Hall–Kier alpha value is -3.64. The standard InChI is InChI=1S/C21H17ClF2N6O/c22-16-7-14(10-26-12-16)11-28-20(31)8-17-15(9-25)4-5-19(30-17)29-13-21(23,24)18-3-1-2-6-27-18/h1-7,10,12H,8,11,13H2,(H,28,31)(H,29,30). The number of carbonyl (C=O) groups is 1. The number of hydrogen-bond acceptors (Lipinski definition) is 6. The van der Waals surface area contributed by atoms with Gasteiger partial charge >= 0.3 is 5.92 Å². The first kappa shape index (κ1) is 22.1. The van der Waals surface area contributed by atoms with E-state index in [1.54, 1.807) is 18.3 Å². The average Bonchev–Trinajstić information content (AvgIpc) is 2.77. The molecule has 10 heteroatoms. The summed E-state index contributed by atoms with van der Waals surface area (Å²) >= 11 is 5.86. The molecule has 1 amide bonds. The first-order chi connectivity index (χ1) is 14.9. The number of nitrogens with one attached hydrogen (secondary N) is 2. The first-order valence-corrected chi connectivity index (χ1v) is 9.54. The Kier molecular flexibility index (Phi) is 7.05. The van der Waals surface area contributed by atoms with Crippen molar-refractivity contribution >= 4 is 23.3 Å². The Morgan fingerprint density at radius 3 is 2.77 bits per heavy atom. The van der Waals surface area contributed by atoms with Crippen molar-refractivity contribution in [1.29, 1.82) is 5.26 Å². The van der Waals surface area contributed by atoms with Crippen molar-refractivity contribution < 1.29 is 13.6 Å². The predicted molar refractivity (Wildman–Crippen MR) is 110 cm³/mol. The van der Waals surface area contributed by atoms with E-state index in [2.05, 4.69) is 25.6 Å². The number of nitrogens with zero attached hydrogens (tertiary/aromatic N) is 4. The van der Waals surface area contributed by atoms with Crippen molar-refractivity contribution in [3.05, 3.63) is 82.5 Å². The van der Waals surface area contributed by atoms with Gasteiger partial charge in [0.15, 0.2) is 0 Å². The van der Waals surface area contributed by atoms with Gasteiger partial charge in [-0.05, 0) is 35.9 Å². The summed E-state index contributed by atoms with van der Waals surface area (Å²) in [5.74, 6) is -3.49. The van der Waals surface area contributed by atoms with E-state index in [1.165, 1.54) is 36.7 Å². The molecule has 0 radical (unpaired) electrons. The van der Waals surface area contributed by atoms with Crippen LogP contribution in [0.5, 0.6) is 0 Å². The number of pyridine rings is 3. The molecule has 3 aromatic rings. The number of hydrogen-bond donors (Lipinski definition) is 2. The van der Waals surface area contributed by atoms with Gasteiger partial charge in [0.05, 0.1) is 29.2 Å². The van der Waals surface area contributed by atoms with E-state index < -0.39 is 12.5 Å². The number of nitriles is 1. The smallest absolute Gasteiger partial charge is 0.306 e. The number of amides is 1. The van der Waals surface area contributed by atoms with Crippen LogP contribution in [-0.4, -0.2) is 27.4 Å². The Balaban J connectivity index is 1.64. The van der Waals surface area contributed by atoms with Crippen LogP contribution >= 0.6 is 11.6 Å². The molecule has 0 spiro atoms. The number of carbonyl (C=O) groups excluding carboxylic acids is 1. The van der Waals surface area contributed by atoms with Crippen molar-refractivity contribution in [2.45, 2.75) is 18.9 Å². The number of anilines is 1. The second-order valence-corrected chi connectivity index (χ2v) is 6.98. The van der Waals surface area contributed by atoms with Gasteiger partial charge in [0.25, 0.3) is 0 Å². The van der Waals surface area contributed by atoms with Gasteiger partial charge < -0.3 is 10.6 Å². The summed E-state index contributed by atoms with van der Waals surface area (Å²) in [4.78, 5) is 24.1. The van der Waals surface area contributed by atoms with E-state index in [9.17, 15) is 18.8 Å². The summed E-state index contributed by atoms with van der Waals surface area (Å²) < 4.78 is 28.6. The maximum absolute atomic E-state index is 14.3. The maximum Gasteiger partial charge on any atom is 0.306 e. The quantitative estimate of drug-likeness (QED) is 0.553. The maximum atomic E-state index is 14.3. The van der Waals surface area contributed by atoms with E-state index >= 15 is 0 Å². The second-order valence-electron chi connectivity index (χ2n) is 6.54. The SMILES string of the molecule is N#Cc1ccc(NCC(F)(F)c2ccccn2)nc1CC(=O)NCc1cncc(Cl)c1. The molecule has 7 nitrogen and oxygen atoms in total. The molecular weight excluding hydrogens is 426 g/mol. The molecule has 0 aromatic carbocycles. The van der Waals surface area contributed by atoms with Crippen LogP contribution in [0.4, 0.5) is 14.6 Å². The Morgan fingerprint density at radius 1 is 1.23 bits per heavy atom. The van der Waals surface area contributed by atoms with E-state index in [0.29, 0.717) is 10.6 Å². The monoisotopic (exact) mass is 442 g/mol. The van der Waals surface area contributed by atoms with Gasteiger partial charge in [-0.3, -0.25) is 14.8 Å². The lowest BCUT2D eigenvalue weighted by Crippen LogP contribution is -2.27. The molecule has 31 heavy (non-hydrogen) atoms. The molecule has 0 fully saturated rings. The van der Waals surface area contributed by atoms with Crippen LogP contribution in [0.1, 0.15) is 22.5 Å². The highest BCUT2D eigenvalue weighted by molar-refractivity contribution is 6.30. The van der Waals surface area contributed by atoms with Crippen LogP contribution in [-0.2, 0) is 23.7 Å². The third kappa shape index (κ3) is 6.17. The lowest BCUT2D eigenvalue weighted by molar-refractivity contribution is -0.120. The van der Waals surface area contributed by atoms with E-state index in [1.807, 2.05) is 6.07 Å². The molecule has 158 valence electrons. The summed E-state index contributed by atoms with van der Waals surface area (Å²) in [5, 5.41) is 15.0. The average molecular weight is 443 g/mol. The largest absolute Gasteiger partial charge is 0.364 e.